The van der Waals surface area contributed by atoms with E-state index in [4.69, 9.17) is 0 Å². The van der Waals surface area contributed by atoms with Gasteiger partial charge in [-0.05, 0) is 33.2 Å². The van der Waals surface area contributed by atoms with Crippen LogP contribution in [0.1, 0.15) is 17.3 Å². The van der Waals surface area contributed by atoms with Crippen LogP contribution >= 0.6 is 0 Å². The molecule has 1 unspecified atom stereocenters. The van der Waals surface area contributed by atoms with Gasteiger partial charge in [-0.25, -0.2) is 0 Å². The molecule has 1 aromatic rings. The van der Waals surface area contributed by atoms with E-state index in [-0.39, 0.29) is 17.7 Å². The van der Waals surface area contributed by atoms with Gasteiger partial charge in [0.2, 0.25) is 0 Å². The number of carbonyl (C=O) groups excluding carboxylic acids is 1. The number of benzene rings is 1. The first-order chi connectivity index (χ1) is 7.50. The van der Waals surface area contributed by atoms with Crippen LogP contribution in [0.15, 0.2) is 24.3 Å². The molecule has 88 valence electrons. The number of carbonyl (C=O) groups is 1. The summed E-state index contributed by atoms with van der Waals surface area (Å²) in [5.41, 5.74) is 0.313. The number of phenols is 1. The van der Waals surface area contributed by atoms with Crippen LogP contribution in [0.25, 0.3) is 0 Å². The fourth-order valence-electron chi connectivity index (χ4n) is 1.56. The SMILES string of the molecule is CC(CN(C)C)NC(=O)c1ccccc1O. The van der Waals surface area contributed by atoms with Crippen LogP contribution < -0.4 is 5.32 Å². The lowest BCUT2D eigenvalue weighted by Crippen LogP contribution is -2.39. The van der Waals surface area contributed by atoms with Gasteiger partial charge in [0.25, 0.3) is 5.91 Å². The topological polar surface area (TPSA) is 52.6 Å². The second-order valence-electron chi connectivity index (χ2n) is 4.15. The lowest BCUT2D eigenvalue weighted by Gasteiger charge is -2.18. The maximum atomic E-state index is 11.8. The van der Waals surface area contributed by atoms with Crippen LogP contribution in [0.4, 0.5) is 0 Å². The first kappa shape index (κ1) is 12.5. The average molecular weight is 222 g/mol. The monoisotopic (exact) mass is 222 g/mol. The Morgan fingerprint density at radius 3 is 2.62 bits per heavy atom. The number of nitrogens with zero attached hydrogens (tertiary/aromatic N) is 1. The third-order valence-corrected chi connectivity index (χ3v) is 2.17. The number of aromatic hydroxyl groups is 1. The van der Waals surface area contributed by atoms with Crippen LogP contribution in [-0.2, 0) is 0 Å². The average Bonchev–Trinajstić information content (AvgIpc) is 2.16. The van der Waals surface area contributed by atoms with E-state index in [1.165, 1.54) is 6.07 Å². The number of nitrogens with one attached hydrogen (secondary N) is 1. The van der Waals surface area contributed by atoms with Crippen molar-refractivity contribution in [1.29, 1.82) is 0 Å². The normalized spacial score (nSPS) is 12.5. The van der Waals surface area contributed by atoms with Gasteiger partial charge in [0.05, 0.1) is 5.56 Å². The number of likely N-dealkylation sites (N-methyl/N-ethyl adjacent to an activating group) is 1. The Morgan fingerprint density at radius 1 is 1.44 bits per heavy atom. The largest absolute Gasteiger partial charge is 0.507 e. The molecule has 0 aliphatic rings. The van der Waals surface area contributed by atoms with Gasteiger partial charge in [0.1, 0.15) is 5.75 Å². The van der Waals surface area contributed by atoms with E-state index in [1.54, 1.807) is 18.2 Å². The highest BCUT2D eigenvalue weighted by Crippen LogP contribution is 2.15. The highest BCUT2D eigenvalue weighted by atomic mass is 16.3. The molecule has 0 heterocycles. The summed E-state index contributed by atoms with van der Waals surface area (Å²) in [6.07, 6.45) is 0. The minimum atomic E-state index is -0.243. The molecule has 1 amide bonds. The van der Waals surface area contributed by atoms with Crippen LogP contribution in [0, 0.1) is 0 Å². The fraction of sp³-hybridized carbons (Fsp3) is 0.417. The van der Waals surface area contributed by atoms with Crippen molar-refractivity contribution in [2.45, 2.75) is 13.0 Å². The van der Waals surface area contributed by atoms with Gasteiger partial charge in [-0.3, -0.25) is 4.79 Å². The zero-order valence-electron chi connectivity index (χ0n) is 9.90. The van der Waals surface area contributed by atoms with Gasteiger partial charge in [0, 0.05) is 12.6 Å². The smallest absolute Gasteiger partial charge is 0.255 e. The number of rotatable bonds is 4. The molecule has 1 atom stereocenters. The van der Waals surface area contributed by atoms with E-state index in [1.807, 2.05) is 25.9 Å². The Morgan fingerprint density at radius 2 is 2.06 bits per heavy atom. The Labute approximate surface area is 95.9 Å². The molecule has 0 radical (unpaired) electrons. The Kier molecular flexibility index (Phi) is 4.31. The van der Waals surface area contributed by atoms with E-state index in [0.717, 1.165) is 6.54 Å². The molecule has 4 heteroatoms. The first-order valence-electron chi connectivity index (χ1n) is 5.24. The lowest BCUT2D eigenvalue weighted by atomic mass is 10.2. The van der Waals surface area contributed by atoms with E-state index >= 15 is 0 Å². The first-order valence-corrected chi connectivity index (χ1v) is 5.24. The third-order valence-electron chi connectivity index (χ3n) is 2.17. The van der Waals surface area contributed by atoms with Gasteiger partial charge >= 0.3 is 0 Å². The molecule has 2 N–H and O–H groups in total. The summed E-state index contributed by atoms with van der Waals surface area (Å²) in [6.45, 7) is 2.69. The van der Waals surface area contributed by atoms with Gasteiger partial charge in [0.15, 0.2) is 0 Å². The maximum absolute atomic E-state index is 11.8. The highest BCUT2D eigenvalue weighted by molar-refractivity contribution is 5.96. The van der Waals surface area contributed by atoms with Crippen LogP contribution in [-0.4, -0.2) is 42.6 Å². The zero-order valence-corrected chi connectivity index (χ0v) is 9.90. The highest BCUT2D eigenvalue weighted by Gasteiger charge is 2.13. The molecule has 1 rings (SSSR count). The van der Waals surface area contributed by atoms with Crippen molar-refractivity contribution in [3.63, 3.8) is 0 Å². The standard InChI is InChI=1S/C12H18N2O2/c1-9(8-14(2)3)13-12(16)10-6-4-5-7-11(10)15/h4-7,9,15H,8H2,1-3H3,(H,13,16). The molecule has 0 aliphatic heterocycles. The van der Waals surface area contributed by atoms with Crippen molar-refractivity contribution < 1.29 is 9.90 Å². The van der Waals surface area contributed by atoms with Crippen molar-refractivity contribution in [2.24, 2.45) is 0 Å². The molecule has 0 spiro atoms. The maximum Gasteiger partial charge on any atom is 0.255 e. The molecule has 0 fully saturated rings. The van der Waals surface area contributed by atoms with Crippen molar-refractivity contribution in [3.05, 3.63) is 29.8 Å². The minimum Gasteiger partial charge on any atom is -0.507 e. The van der Waals surface area contributed by atoms with Crippen LogP contribution in [0.3, 0.4) is 0 Å². The number of para-hydroxylation sites is 1. The van der Waals surface area contributed by atoms with Crippen molar-refractivity contribution >= 4 is 5.91 Å². The molecular weight excluding hydrogens is 204 g/mol. The molecule has 4 nitrogen and oxygen atoms in total. The predicted octanol–water partition coefficient (Wildman–Crippen LogP) is 1.07. The predicted molar refractivity (Wildman–Crippen MR) is 63.6 cm³/mol. The van der Waals surface area contributed by atoms with Gasteiger partial charge in [-0.15, -0.1) is 0 Å². The van der Waals surface area contributed by atoms with Crippen molar-refractivity contribution in [2.75, 3.05) is 20.6 Å². The molecular formula is C12H18N2O2. The Balaban J connectivity index is 2.63. The second-order valence-corrected chi connectivity index (χ2v) is 4.15. The zero-order chi connectivity index (χ0) is 12.1. The van der Waals surface area contributed by atoms with Gasteiger partial charge < -0.3 is 15.3 Å². The molecule has 0 saturated heterocycles. The number of hydrogen-bond donors (Lipinski definition) is 2. The fourth-order valence-corrected chi connectivity index (χ4v) is 1.56. The summed E-state index contributed by atoms with van der Waals surface area (Å²) in [5.74, 6) is -0.232. The molecule has 1 aromatic carbocycles. The van der Waals surface area contributed by atoms with E-state index in [0.29, 0.717) is 5.56 Å². The molecule has 0 aromatic heterocycles. The summed E-state index contributed by atoms with van der Waals surface area (Å²) in [5, 5.41) is 12.3. The van der Waals surface area contributed by atoms with Gasteiger partial charge in [-0.1, -0.05) is 12.1 Å². The lowest BCUT2D eigenvalue weighted by molar-refractivity contribution is 0.0931. The summed E-state index contributed by atoms with van der Waals surface area (Å²) >= 11 is 0. The second kappa shape index (κ2) is 5.51. The van der Waals surface area contributed by atoms with E-state index < -0.39 is 0 Å². The minimum absolute atomic E-state index is 0.0112. The molecule has 0 saturated carbocycles. The molecule has 16 heavy (non-hydrogen) atoms. The molecule has 0 bridgehead atoms. The van der Waals surface area contributed by atoms with Crippen molar-refractivity contribution in [3.8, 4) is 5.75 Å². The summed E-state index contributed by atoms with van der Waals surface area (Å²) < 4.78 is 0. The quantitative estimate of drug-likeness (QED) is 0.801. The molecule has 0 aliphatic carbocycles. The number of phenolic OH excluding ortho intramolecular Hbond substituents is 1. The Hall–Kier alpha value is -1.55. The summed E-state index contributed by atoms with van der Waals surface area (Å²) in [6, 6.07) is 6.57. The number of amides is 1. The van der Waals surface area contributed by atoms with Gasteiger partial charge in [-0.2, -0.15) is 0 Å². The van der Waals surface area contributed by atoms with Crippen LogP contribution in [0.5, 0.6) is 5.75 Å². The number of hydrogen-bond acceptors (Lipinski definition) is 3. The Bertz CT molecular complexity index is 364. The summed E-state index contributed by atoms with van der Waals surface area (Å²) in [4.78, 5) is 13.8. The van der Waals surface area contributed by atoms with E-state index in [9.17, 15) is 9.90 Å². The summed E-state index contributed by atoms with van der Waals surface area (Å²) in [7, 11) is 3.89. The van der Waals surface area contributed by atoms with Crippen LogP contribution in [0.2, 0.25) is 0 Å². The van der Waals surface area contributed by atoms with E-state index in [2.05, 4.69) is 5.32 Å². The third kappa shape index (κ3) is 3.55. The van der Waals surface area contributed by atoms with Crippen molar-refractivity contribution in [1.82, 2.24) is 10.2 Å².